The summed E-state index contributed by atoms with van der Waals surface area (Å²) < 4.78 is 10.9. The van der Waals surface area contributed by atoms with E-state index < -0.39 is 0 Å². The van der Waals surface area contributed by atoms with Gasteiger partial charge >= 0.3 is 0 Å². The highest BCUT2D eigenvalue weighted by Gasteiger charge is 2.46. The van der Waals surface area contributed by atoms with Crippen molar-refractivity contribution in [3.8, 4) is 0 Å². The summed E-state index contributed by atoms with van der Waals surface area (Å²) in [6.07, 6.45) is 15.0. The number of para-hydroxylation sites is 2. The maximum absolute atomic E-state index is 12.6. The third-order valence-corrected chi connectivity index (χ3v) is 14.9. The number of benzene rings is 2. The molecule has 15 heteroatoms. The smallest absolute Gasteiger partial charge is 0.229 e. The van der Waals surface area contributed by atoms with Gasteiger partial charge in [0.25, 0.3) is 0 Å². The molecule has 2 aliphatic carbocycles. The summed E-state index contributed by atoms with van der Waals surface area (Å²) >= 11 is 0. The molecule has 4 aromatic rings. The van der Waals surface area contributed by atoms with Gasteiger partial charge in [-0.15, -0.1) is 0 Å². The molecule has 2 N–H and O–H groups in total. The lowest BCUT2D eigenvalue weighted by Crippen LogP contribution is -2.48. The van der Waals surface area contributed by atoms with E-state index >= 15 is 0 Å². The first-order valence-electron chi connectivity index (χ1n) is 23.6. The molecule has 340 valence electrons. The molecule has 6 heterocycles. The van der Waals surface area contributed by atoms with Crippen LogP contribution in [0.3, 0.4) is 0 Å². The zero-order chi connectivity index (χ0) is 42.5. The van der Waals surface area contributed by atoms with Crippen molar-refractivity contribution < 1.29 is 33.7 Å². The number of likely N-dealkylation sites (tertiary alicyclic amines) is 2. The average molecular weight is 867 g/mol. The van der Waals surface area contributed by atoms with E-state index in [-0.39, 0.29) is 39.9 Å². The number of nitrogens with zero attached hydrogens (tertiary/aromatic N) is 8. The van der Waals surface area contributed by atoms with Gasteiger partial charge in [-0.1, -0.05) is 60.3 Å². The molecule has 15 nitrogen and oxygen atoms in total. The molecule has 6 aliphatic rings. The summed E-state index contributed by atoms with van der Waals surface area (Å²) in [5, 5.41) is 10.7. The van der Waals surface area contributed by atoms with Gasteiger partial charge in [0.1, 0.15) is 0 Å². The average Bonchev–Trinajstić information content (AvgIpc) is 4.11. The predicted molar refractivity (Wildman–Crippen MR) is 241 cm³/mol. The van der Waals surface area contributed by atoms with Gasteiger partial charge in [0.2, 0.25) is 23.6 Å². The normalized spacial score (nSPS) is 21.8. The summed E-state index contributed by atoms with van der Waals surface area (Å²) in [4.78, 5) is 62.9. The Balaban J connectivity index is 0.000000170. The van der Waals surface area contributed by atoms with Gasteiger partial charge < -0.3 is 24.3 Å². The molecule has 2 aromatic heterocycles. The number of fused-ring (bicyclic) bond motifs is 2. The second-order valence-corrected chi connectivity index (χ2v) is 19.1. The molecule has 0 radical (unpaired) electrons. The van der Waals surface area contributed by atoms with Gasteiger partial charge in [0.15, 0.2) is 22.8 Å². The van der Waals surface area contributed by atoms with Crippen LogP contribution in [0, 0.1) is 10.8 Å². The van der Waals surface area contributed by atoms with Gasteiger partial charge in [-0.3, -0.25) is 38.8 Å². The third-order valence-electron chi connectivity index (χ3n) is 14.9. The summed E-state index contributed by atoms with van der Waals surface area (Å²) in [6.45, 7) is 10.9. The molecule has 0 unspecified atom stereocenters. The highest BCUT2D eigenvalue weighted by molar-refractivity contribution is 5.99. The Kier molecular flexibility index (Phi) is 14.1. The summed E-state index contributed by atoms with van der Waals surface area (Å²) in [7, 11) is 0. The molecule has 2 spiro atoms. The van der Waals surface area contributed by atoms with Gasteiger partial charge in [0.05, 0.1) is 10.8 Å². The fraction of sp³-hybridized carbons (Fsp3) is 0.625. The molecule has 10 rings (SSSR count). The number of piperidine rings is 2. The maximum Gasteiger partial charge on any atom is 0.229 e. The Bertz CT molecular complexity index is 2000. The van der Waals surface area contributed by atoms with Crippen LogP contribution in [-0.2, 0) is 19.2 Å². The van der Waals surface area contributed by atoms with E-state index in [4.69, 9.17) is 9.05 Å². The first kappa shape index (κ1) is 44.7. The van der Waals surface area contributed by atoms with Crippen LogP contribution in [0.5, 0.6) is 0 Å². The minimum Gasteiger partial charge on any atom is -0.412 e. The number of carbonyl (C=O) groups excluding carboxylic acids is 4. The lowest BCUT2D eigenvalue weighted by Gasteiger charge is -2.37. The van der Waals surface area contributed by atoms with Crippen molar-refractivity contribution in [1.29, 1.82) is 0 Å². The van der Waals surface area contributed by atoms with E-state index in [1.165, 1.54) is 35.5 Å². The number of carbonyl (C=O) groups is 4. The molecule has 4 saturated heterocycles. The van der Waals surface area contributed by atoms with Crippen molar-refractivity contribution in [2.75, 3.05) is 88.3 Å². The number of imide groups is 2. The van der Waals surface area contributed by atoms with E-state index in [2.05, 4.69) is 42.0 Å². The summed E-state index contributed by atoms with van der Waals surface area (Å²) in [6, 6.07) is 16.0. The minimum atomic E-state index is -0.000485. The van der Waals surface area contributed by atoms with Gasteiger partial charge in [-0.25, -0.2) is 0 Å². The van der Waals surface area contributed by atoms with E-state index in [0.29, 0.717) is 38.8 Å². The molecular formula is C48H66N8O7. The Morgan fingerprint density at radius 1 is 0.460 bits per heavy atom. The van der Waals surface area contributed by atoms with Crippen molar-refractivity contribution >= 4 is 57.2 Å². The van der Waals surface area contributed by atoms with Crippen LogP contribution in [0.4, 0.5) is 11.6 Å². The quantitative estimate of drug-likeness (QED) is 0.119. The van der Waals surface area contributed by atoms with Gasteiger partial charge in [-0.05, 0) is 99.6 Å². The number of amides is 4. The number of rotatable bonds is 12. The van der Waals surface area contributed by atoms with Crippen LogP contribution >= 0.6 is 0 Å². The van der Waals surface area contributed by atoms with E-state index in [1.807, 2.05) is 36.4 Å². The van der Waals surface area contributed by atoms with Crippen LogP contribution in [0.2, 0.25) is 0 Å². The van der Waals surface area contributed by atoms with Gasteiger partial charge in [0, 0.05) is 91.1 Å². The number of hydrogen-bond donors (Lipinski definition) is 0. The monoisotopic (exact) mass is 867 g/mol. The Morgan fingerprint density at radius 2 is 0.794 bits per heavy atom. The van der Waals surface area contributed by atoms with Crippen LogP contribution in [-0.4, -0.2) is 138 Å². The molecule has 4 amide bonds. The molecular weight excluding hydrogens is 801 g/mol. The molecule has 2 aromatic carbocycles. The molecule has 0 atom stereocenters. The highest BCUT2D eigenvalue weighted by atomic mass is 16.5. The highest BCUT2D eigenvalue weighted by Crippen LogP contribution is 2.48. The number of anilines is 2. The largest absolute Gasteiger partial charge is 0.412 e. The number of unbranched alkanes of at least 4 members (excludes halogenated alkanes) is 2. The number of hydrogen-bond acceptors (Lipinski definition) is 12. The molecule has 4 aliphatic heterocycles. The zero-order valence-electron chi connectivity index (χ0n) is 36.9. The predicted octanol–water partition coefficient (Wildman–Crippen LogP) is 6.05. The lowest BCUT2D eigenvalue weighted by atomic mass is 9.76. The zero-order valence-corrected chi connectivity index (χ0v) is 36.9. The van der Waals surface area contributed by atoms with Crippen molar-refractivity contribution in [2.24, 2.45) is 10.8 Å². The van der Waals surface area contributed by atoms with E-state index in [0.717, 1.165) is 150 Å². The second kappa shape index (κ2) is 19.9. The fourth-order valence-corrected chi connectivity index (χ4v) is 11.3. The Labute approximate surface area is 370 Å². The van der Waals surface area contributed by atoms with Crippen molar-refractivity contribution in [1.82, 2.24) is 29.9 Å². The lowest BCUT2D eigenvalue weighted by molar-refractivity contribution is -0.155. The Hall–Kier alpha value is -4.86. The second-order valence-electron chi connectivity index (χ2n) is 19.1. The summed E-state index contributed by atoms with van der Waals surface area (Å²) in [5.41, 5.74) is 1.67. The van der Waals surface area contributed by atoms with E-state index in [9.17, 15) is 19.2 Å². The number of aromatic nitrogens is 2. The molecule has 6 fully saturated rings. The SMILES string of the molecule is O.O=C1CC2(CCCC2)CC(=O)N1CCCCN1CCN(c2noc3ccccc23)CC1.O=C1CC2(CCCC2)CC(=O)N1CCCCN1CCN(c2noc3ccccc23)CC1. The molecule has 2 saturated carbocycles. The maximum atomic E-state index is 12.6. The van der Waals surface area contributed by atoms with Gasteiger partial charge in [-0.2, -0.15) is 0 Å². The summed E-state index contributed by atoms with van der Waals surface area (Å²) in [5.74, 6) is 2.13. The third kappa shape index (κ3) is 10.1. The van der Waals surface area contributed by atoms with Crippen molar-refractivity contribution in [3.05, 3.63) is 48.5 Å². The molecule has 0 bridgehead atoms. The first-order valence-corrected chi connectivity index (χ1v) is 23.6. The number of piperazine rings is 2. The van der Waals surface area contributed by atoms with Crippen molar-refractivity contribution in [2.45, 2.75) is 103 Å². The standard InChI is InChI=1S/2C24H32N4O3.H2O/c2*29-21-17-24(9-3-4-10-24)18-22(30)28(21)12-6-5-11-26-13-15-27(16-14-26)23-19-7-1-2-8-20(19)31-25-23;/h2*1-2,7-8H,3-6,9-18H2;1H2. The van der Waals surface area contributed by atoms with Crippen LogP contribution in [0.25, 0.3) is 21.9 Å². The topological polar surface area (TPSA) is 171 Å². The van der Waals surface area contributed by atoms with Crippen LogP contribution in [0.15, 0.2) is 57.6 Å². The van der Waals surface area contributed by atoms with E-state index in [1.54, 1.807) is 0 Å². The minimum absolute atomic E-state index is 0. The Morgan fingerprint density at radius 3 is 1.16 bits per heavy atom. The van der Waals surface area contributed by atoms with Crippen LogP contribution < -0.4 is 9.80 Å². The fourth-order valence-electron chi connectivity index (χ4n) is 11.3. The first-order chi connectivity index (χ1) is 30.3. The van der Waals surface area contributed by atoms with Crippen LogP contribution in [0.1, 0.15) is 103 Å². The van der Waals surface area contributed by atoms with Crippen molar-refractivity contribution in [3.63, 3.8) is 0 Å². The molecule has 63 heavy (non-hydrogen) atoms.